The molecule has 0 bridgehead atoms. The number of thiazole rings is 1. The van der Waals surface area contributed by atoms with Crippen LogP contribution in [0.3, 0.4) is 0 Å². The highest BCUT2D eigenvalue weighted by Gasteiger charge is 2.09. The summed E-state index contributed by atoms with van der Waals surface area (Å²) >= 11 is 13.4. The molecule has 0 N–H and O–H groups in total. The van der Waals surface area contributed by atoms with Crippen molar-refractivity contribution in [2.45, 2.75) is 13.0 Å². The molecule has 1 aliphatic heterocycles. The van der Waals surface area contributed by atoms with Crippen LogP contribution in [0, 0.1) is 0 Å². The van der Waals surface area contributed by atoms with Crippen molar-refractivity contribution in [2.75, 3.05) is 6.54 Å². The van der Waals surface area contributed by atoms with Gasteiger partial charge in [-0.1, -0.05) is 40.6 Å². The van der Waals surface area contributed by atoms with Gasteiger partial charge in [-0.15, -0.1) is 0 Å². The summed E-state index contributed by atoms with van der Waals surface area (Å²) in [5, 5.41) is 1.12. The maximum absolute atomic E-state index is 12.2. The largest absolute Gasteiger partial charge is 0.284 e. The van der Waals surface area contributed by atoms with Gasteiger partial charge >= 0.3 is 0 Å². The number of benzene rings is 1. The van der Waals surface area contributed by atoms with Crippen LogP contribution in [0.1, 0.15) is 12.0 Å². The van der Waals surface area contributed by atoms with Crippen LogP contribution in [0.5, 0.6) is 0 Å². The Balaban J connectivity index is 2.20. The molecule has 3 nitrogen and oxygen atoms in total. The molecule has 0 atom stereocenters. The molecule has 6 heteroatoms. The first-order valence-corrected chi connectivity index (χ1v) is 7.43. The molecule has 1 aliphatic rings. The number of fused-ring (bicyclic) bond motifs is 1. The first-order chi connectivity index (χ1) is 9.15. The third kappa shape index (κ3) is 2.48. The molecule has 0 saturated heterocycles. The third-order valence-electron chi connectivity index (χ3n) is 2.92. The first-order valence-electron chi connectivity index (χ1n) is 5.86. The van der Waals surface area contributed by atoms with Gasteiger partial charge in [-0.25, -0.2) is 0 Å². The number of hydrogen-bond acceptors (Lipinski definition) is 3. The zero-order chi connectivity index (χ0) is 13.4. The summed E-state index contributed by atoms with van der Waals surface area (Å²) in [6, 6.07) is 5.24. The van der Waals surface area contributed by atoms with Crippen LogP contribution in [0.2, 0.25) is 10.0 Å². The van der Waals surface area contributed by atoms with Gasteiger partial charge in [-0.3, -0.25) is 14.4 Å². The average Bonchev–Trinajstić information content (AvgIpc) is 2.70. The Bertz CT molecular complexity index is 807. The molecule has 0 amide bonds. The minimum atomic E-state index is 0.00877. The number of hydrogen-bond donors (Lipinski definition) is 0. The van der Waals surface area contributed by atoms with Gasteiger partial charge in [0, 0.05) is 23.1 Å². The summed E-state index contributed by atoms with van der Waals surface area (Å²) in [6.45, 7) is 1.54. The first kappa shape index (κ1) is 12.9. The highest BCUT2D eigenvalue weighted by Crippen LogP contribution is 2.21. The molecule has 0 aliphatic carbocycles. The fourth-order valence-corrected chi connectivity index (χ4v) is 3.47. The van der Waals surface area contributed by atoms with Crippen LogP contribution in [0.4, 0.5) is 0 Å². The molecule has 0 unspecified atom stereocenters. The quantitative estimate of drug-likeness (QED) is 0.794. The molecule has 2 aromatic rings. The molecule has 3 rings (SSSR count). The summed E-state index contributed by atoms with van der Waals surface area (Å²) in [5.41, 5.74) is 0.803. The lowest BCUT2D eigenvalue weighted by Gasteiger charge is -2.03. The normalized spacial score (nSPS) is 15.2. The fraction of sp³-hybridized carbons (Fsp3) is 0.231. The molecule has 19 heavy (non-hydrogen) atoms. The molecule has 1 aromatic carbocycles. The van der Waals surface area contributed by atoms with Gasteiger partial charge in [-0.2, -0.15) is 0 Å². The number of nitrogens with zero attached hydrogens (tertiary/aromatic N) is 2. The molecule has 98 valence electrons. The standard InChI is InChI=1S/C13H10Cl2N2OS/c14-9-3-2-8(10(15)7-9)6-11-12(18)17-5-1-4-16-13(17)19-11/h2-3,6-7H,1,4-5H2. The molecule has 0 radical (unpaired) electrons. The lowest BCUT2D eigenvalue weighted by molar-refractivity contribution is 0.573. The second-order valence-electron chi connectivity index (χ2n) is 4.25. The summed E-state index contributed by atoms with van der Waals surface area (Å²) in [7, 11) is 0. The van der Waals surface area contributed by atoms with Crippen molar-refractivity contribution in [3.05, 3.63) is 53.5 Å². The summed E-state index contributed by atoms with van der Waals surface area (Å²) < 4.78 is 2.38. The monoisotopic (exact) mass is 312 g/mol. The van der Waals surface area contributed by atoms with Gasteiger partial charge in [-0.05, 0) is 30.2 Å². The van der Waals surface area contributed by atoms with Gasteiger partial charge in [0.15, 0.2) is 4.80 Å². The minimum Gasteiger partial charge on any atom is -0.284 e. The zero-order valence-corrected chi connectivity index (χ0v) is 12.2. The Morgan fingerprint density at radius 2 is 2.21 bits per heavy atom. The Labute approximate surface area is 123 Å². The lowest BCUT2D eigenvalue weighted by atomic mass is 10.2. The van der Waals surface area contributed by atoms with E-state index in [0.717, 1.165) is 29.9 Å². The van der Waals surface area contributed by atoms with Crippen molar-refractivity contribution >= 4 is 40.6 Å². The van der Waals surface area contributed by atoms with Crippen LogP contribution in [-0.2, 0) is 6.54 Å². The predicted molar refractivity (Wildman–Crippen MR) is 78.9 cm³/mol. The second-order valence-corrected chi connectivity index (χ2v) is 6.10. The van der Waals surface area contributed by atoms with Crippen LogP contribution in [0.25, 0.3) is 6.08 Å². The van der Waals surface area contributed by atoms with Crippen molar-refractivity contribution in [3.8, 4) is 0 Å². The van der Waals surface area contributed by atoms with E-state index in [0.29, 0.717) is 14.6 Å². The molecule has 1 aromatic heterocycles. The summed E-state index contributed by atoms with van der Waals surface area (Å²) in [4.78, 5) is 17.4. The maximum Gasteiger partial charge on any atom is 0.270 e. The van der Waals surface area contributed by atoms with E-state index in [9.17, 15) is 4.79 Å². The van der Waals surface area contributed by atoms with E-state index in [2.05, 4.69) is 4.99 Å². The number of rotatable bonds is 1. The van der Waals surface area contributed by atoms with Crippen molar-refractivity contribution in [1.29, 1.82) is 0 Å². The highest BCUT2D eigenvalue weighted by molar-refractivity contribution is 7.07. The molecular formula is C13H10Cl2N2OS. The van der Waals surface area contributed by atoms with Crippen molar-refractivity contribution in [3.63, 3.8) is 0 Å². The van der Waals surface area contributed by atoms with Crippen molar-refractivity contribution in [1.82, 2.24) is 4.57 Å². The average molecular weight is 313 g/mol. The van der Waals surface area contributed by atoms with E-state index >= 15 is 0 Å². The van der Waals surface area contributed by atoms with Crippen molar-refractivity contribution in [2.24, 2.45) is 4.99 Å². The van der Waals surface area contributed by atoms with E-state index < -0.39 is 0 Å². The van der Waals surface area contributed by atoms with Gasteiger partial charge in [0.05, 0.1) is 4.53 Å². The van der Waals surface area contributed by atoms with Gasteiger partial charge in [0.1, 0.15) is 0 Å². The summed E-state index contributed by atoms with van der Waals surface area (Å²) in [5.74, 6) is 0. The van der Waals surface area contributed by atoms with Crippen molar-refractivity contribution < 1.29 is 0 Å². The molecule has 0 fully saturated rings. The second kappa shape index (κ2) is 5.12. The van der Waals surface area contributed by atoms with E-state index in [4.69, 9.17) is 23.2 Å². The Kier molecular flexibility index (Phi) is 3.48. The Morgan fingerprint density at radius 1 is 1.37 bits per heavy atom. The highest BCUT2D eigenvalue weighted by atomic mass is 35.5. The van der Waals surface area contributed by atoms with E-state index in [1.54, 1.807) is 22.8 Å². The minimum absolute atomic E-state index is 0.00877. The Hall–Kier alpha value is -1.10. The third-order valence-corrected chi connectivity index (χ3v) is 4.53. The van der Waals surface area contributed by atoms with Crippen LogP contribution in [-0.4, -0.2) is 11.1 Å². The topological polar surface area (TPSA) is 34.4 Å². The lowest BCUT2D eigenvalue weighted by Crippen LogP contribution is -2.33. The summed E-state index contributed by atoms with van der Waals surface area (Å²) in [6.07, 6.45) is 2.72. The maximum atomic E-state index is 12.2. The van der Waals surface area contributed by atoms with Gasteiger partial charge in [0.25, 0.3) is 5.56 Å². The van der Waals surface area contributed by atoms with Crippen LogP contribution >= 0.6 is 34.5 Å². The smallest absolute Gasteiger partial charge is 0.270 e. The van der Waals surface area contributed by atoms with Gasteiger partial charge in [0.2, 0.25) is 0 Å². The van der Waals surface area contributed by atoms with Crippen LogP contribution < -0.4 is 14.9 Å². The number of halogens is 2. The molecule has 0 spiro atoms. The van der Waals surface area contributed by atoms with E-state index in [-0.39, 0.29) is 5.56 Å². The molecule has 2 heterocycles. The number of aromatic nitrogens is 1. The Morgan fingerprint density at radius 3 is 2.95 bits per heavy atom. The SMILES string of the molecule is O=c1c(=Cc2ccc(Cl)cc2Cl)sc2n1CCCN=2. The van der Waals surface area contributed by atoms with E-state index in [1.807, 2.05) is 6.07 Å². The predicted octanol–water partition coefficient (Wildman–Crippen LogP) is 2.07. The van der Waals surface area contributed by atoms with Gasteiger partial charge < -0.3 is 0 Å². The van der Waals surface area contributed by atoms with Crippen LogP contribution in [0.15, 0.2) is 28.0 Å². The zero-order valence-electron chi connectivity index (χ0n) is 9.90. The molecular weight excluding hydrogens is 303 g/mol. The fourth-order valence-electron chi connectivity index (χ4n) is 1.99. The molecule has 0 saturated carbocycles. The van der Waals surface area contributed by atoms with E-state index in [1.165, 1.54) is 11.3 Å².